The number of rotatable bonds is 9. The van der Waals surface area contributed by atoms with Gasteiger partial charge in [0.1, 0.15) is 4.99 Å². The molecule has 5 heteroatoms. The maximum atomic E-state index is 6.01. The van der Waals surface area contributed by atoms with Crippen LogP contribution in [0.25, 0.3) is 0 Å². The van der Waals surface area contributed by atoms with Crippen molar-refractivity contribution in [3.8, 4) is 0 Å². The molecule has 2 N–H and O–H groups in total. The van der Waals surface area contributed by atoms with Gasteiger partial charge in [0.2, 0.25) is 0 Å². The molecule has 1 rings (SSSR count). The van der Waals surface area contributed by atoms with E-state index < -0.39 is 0 Å². The normalized spacial score (nSPS) is 12.2. The van der Waals surface area contributed by atoms with Gasteiger partial charge in [-0.2, -0.15) is 0 Å². The Kier molecular flexibility index (Phi) is 8.07. The second-order valence-electron chi connectivity index (χ2n) is 4.89. The van der Waals surface area contributed by atoms with Crippen molar-refractivity contribution in [2.24, 2.45) is 5.73 Å². The molecule has 1 atom stereocenters. The number of hydrogen-bond acceptors (Lipinski definition) is 4. The third kappa shape index (κ3) is 4.87. The Balaban J connectivity index is 3.28. The molecule has 0 heterocycles. The minimum Gasteiger partial charge on any atom is -0.389 e. The molecule has 1 unspecified atom stereocenters. The lowest BCUT2D eigenvalue weighted by Crippen LogP contribution is -2.37. The SMILES string of the molecule is CCSc1cccc(N(CCOC)C(C)CC)c1C(N)=S. The maximum Gasteiger partial charge on any atom is 0.107 e. The lowest BCUT2D eigenvalue weighted by molar-refractivity contribution is 0.203. The van der Waals surface area contributed by atoms with Crippen molar-refractivity contribution in [2.45, 2.75) is 38.1 Å². The Labute approximate surface area is 138 Å². The lowest BCUT2D eigenvalue weighted by Gasteiger charge is -2.33. The van der Waals surface area contributed by atoms with Gasteiger partial charge < -0.3 is 15.4 Å². The highest BCUT2D eigenvalue weighted by Gasteiger charge is 2.19. The van der Waals surface area contributed by atoms with Crippen molar-refractivity contribution in [2.75, 3.05) is 30.9 Å². The molecular formula is C16H26N2OS2. The number of anilines is 1. The van der Waals surface area contributed by atoms with Gasteiger partial charge in [-0.15, -0.1) is 11.8 Å². The van der Waals surface area contributed by atoms with Crippen molar-refractivity contribution in [1.82, 2.24) is 0 Å². The molecule has 0 spiro atoms. The van der Waals surface area contributed by atoms with E-state index >= 15 is 0 Å². The Bertz CT molecular complexity index is 466. The molecule has 0 radical (unpaired) electrons. The van der Waals surface area contributed by atoms with Gasteiger partial charge >= 0.3 is 0 Å². The average Bonchev–Trinajstić information content (AvgIpc) is 2.47. The van der Waals surface area contributed by atoms with Crippen LogP contribution in [0.1, 0.15) is 32.8 Å². The van der Waals surface area contributed by atoms with Crippen molar-refractivity contribution >= 4 is 34.7 Å². The topological polar surface area (TPSA) is 38.5 Å². The molecule has 118 valence electrons. The third-order valence-electron chi connectivity index (χ3n) is 3.52. The Morgan fingerprint density at radius 1 is 1.43 bits per heavy atom. The van der Waals surface area contributed by atoms with E-state index in [-0.39, 0.29) is 0 Å². The number of methoxy groups -OCH3 is 1. The maximum absolute atomic E-state index is 6.01. The van der Waals surface area contributed by atoms with Gasteiger partial charge in [-0.3, -0.25) is 0 Å². The molecule has 0 aliphatic carbocycles. The number of thioether (sulfide) groups is 1. The fourth-order valence-corrected chi connectivity index (χ4v) is 3.39. The molecule has 21 heavy (non-hydrogen) atoms. The van der Waals surface area contributed by atoms with Crippen LogP contribution in [0, 0.1) is 0 Å². The van der Waals surface area contributed by atoms with Gasteiger partial charge in [0, 0.05) is 35.8 Å². The van der Waals surface area contributed by atoms with E-state index in [1.54, 1.807) is 18.9 Å². The number of ether oxygens (including phenoxy) is 1. The van der Waals surface area contributed by atoms with Crippen molar-refractivity contribution in [1.29, 1.82) is 0 Å². The third-order valence-corrected chi connectivity index (χ3v) is 4.66. The van der Waals surface area contributed by atoms with Crippen molar-refractivity contribution < 1.29 is 4.74 Å². The largest absolute Gasteiger partial charge is 0.389 e. The van der Waals surface area contributed by atoms with Crippen LogP contribution in [-0.4, -0.2) is 37.0 Å². The summed E-state index contributed by atoms with van der Waals surface area (Å²) in [6.45, 7) is 8.07. The standard InChI is InChI=1S/C16H26N2OS2/c1-5-12(3)18(10-11-19-4)13-8-7-9-14(21-6-2)15(13)16(17)20/h7-9,12H,5-6,10-11H2,1-4H3,(H2,17,20). The van der Waals surface area contributed by atoms with Crippen molar-refractivity contribution in [3.05, 3.63) is 23.8 Å². The van der Waals surface area contributed by atoms with E-state index in [1.165, 1.54) is 0 Å². The molecule has 0 fully saturated rings. The highest BCUT2D eigenvalue weighted by Crippen LogP contribution is 2.32. The summed E-state index contributed by atoms with van der Waals surface area (Å²) in [5.74, 6) is 1.00. The fourth-order valence-electron chi connectivity index (χ4n) is 2.27. The zero-order valence-electron chi connectivity index (χ0n) is 13.4. The van der Waals surface area contributed by atoms with Crippen LogP contribution in [-0.2, 0) is 4.74 Å². The Morgan fingerprint density at radius 3 is 2.67 bits per heavy atom. The van der Waals surface area contributed by atoms with Gasteiger partial charge in [0.25, 0.3) is 0 Å². The summed E-state index contributed by atoms with van der Waals surface area (Å²) in [6.07, 6.45) is 1.06. The highest BCUT2D eigenvalue weighted by molar-refractivity contribution is 7.99. The molecule has 0 saturated heterocycles. The van der Waals surface area contributed by atoms with Crippen LogP contribution in [0.5, 0.6) is 0 Å². The van der Waals surface area contributed by atoms with Crippen LogP contribution in [0.4, 0.5) is 5.69 Å². The molecular weight excluding hydrogens is 300 g/mol. The van der Waals surface area contributed by atoms with E-state index in [1.807, 2.05) is 0 Å². The van der Waals surface area contributed by atoms with Crippen LogP contribution < -0.4 is 10.6 Å². The predicted molar refractivity (Wildman–Crippen MR) is 97.7 cm³/mol. The highest BCUT2D eigenvalue weighted by atomic mass is 32.2. The van der Waals surface area contributed by atoms with Crippen molar-refractivity contribution in [3.63, 3.8) is 0 Å². The van der Waals surface area contributed by atoms with Gasteiger partial charge in [-0.1, -0.05) is 32.1 Å². The van der Waals surface area contributed by atoms with Crippen LogP contribution in [0.3, 0.4) is 0 Å². The number of nitrogens with two attached hydrogens (primary N) is 1. The molecule has 0 bridgehead atoms. The fraction of sp³-hybridized carbons (Fsp3) is 0.562. The zero-order valence-corrected chi connectivity index (χ0v) is 15.0. The molecule has 1 aromatic rings. The summed E-state index contributed by atoms with van der Waals surface area (Å²) in [5, 5.41) is 0. The monoisotopic (exact) mass is 326 g/mol. The zero-order chi connectivity index (χ0) is 15.8. The summed E-state index contributed by atoms with van der Waals surface area (Å²) in [6, 6.07) is 6.69. The second kappa shape index (κ2) is 9.28. The first-order chi connectivity index (χ1) is 10.1. The first kappa shape index (κ1) is 18.3. The van der Waals surface area contributed by atoms with E-state index in [0.29, 0.717) is 17.6 Å². The van der Waals surface area contributed by atoms with Gasteiger partial charge in [0.05, 0.1) is 6.61 Å². The molecule has 0 aliphatic rings. The summed E-state index contributed by atoms with van der Waals surface area (Å²) in [5.41, 5.74) is 8.13. The van der Waals surface area contributed by atoms with Gasteiger partial charge in [0.15, 0.2) is 0 Å². The summed E-state index contributed by atoms with van der Waals surface area (Å²) >= 11 is 7.09. The Hall–Kier alpha value is -0.780. The van der Waals surface area contributed by atoms with Crippen LogP contribution >= 0.6 is 24.0 Å². The molecule has 3 nitrogen and oxygen atoms in total. The molecule has 0 saturated carbocycles. The predicted octanol–water partition coefficient (Wildman–Crippen LogP) is 3.68. The van der Waals surface area contributed by atoms with Gasteiger partial charge in [-0.25, -0.2) is 0 Å². The Morgan fingerprint density at radius 2 is 2.14 bits per heavy atom. The summed E-state index contributed by atoms with van der Waals surface area (Å²) < 4.78 is 5.26. The van der Waals surface area contributed by atoms with Crippen LogP contribution in [0.15, 0.2) is 23.1 Å². The van der Waals surface area contributed by atoms with Gasteiger partial charge in [-0.05, 0) is 31.2 Å². The van der Waals surface area contributed by atoms with E-state index in [2.05, 4.69) is 43.9 Å². The first-order valence-electron chi connectivity index (χ1n) is 7.37. The number of hydrogen-bond donors (Lipinski definition) is 1. The van der Waals surface area contributed by atoms with E-state index in [9.17, 15) is 0 Å². The minimum absolute atomic E-state index is 0.412. The molecule has 0 aromatic heterocycles. The van der Waals surface area contributed by atoms with E-state index in [0.717, 1.165) is 34.9 Å². The van der Waals surface area contributed by atoms with E-state index in [4.69, 9.17) is 22.7 Å². The molecule has 0 aliphatic heterocycles. The van der Waals surface area contributed by atoms with Crippen LogP contribution in [0.2, 0.25) is 0 Å². The summed E-state index contributed by atoms with van der Waals surface area (Å²) in [4.78, 5) is 3.97. The second-order valence-corrected chi connectivity index (χ2v) is 6.64. The number of thiocarbonyl (C=S) groups is 1. The average molecular weight is 327 g/mol. The number of nitrogens with zero attached hydrogens (tertiary/aromatic N) is 1. The lowest BCUT2D eigenvalue weighted by atomic mass is 10.1. The minimum atomic E-state index is 0.412. The smallest absolute Gasteiger partial charge is 0.107 e. The molecule has 1 aromatic carbocycles. The number of benzene rings is 1. The first-order valence-corrected chi connectivity index (χ1v) is 8.77. The molecule has 0 amide bonds. The quantitative estimate of drug-likeness (QED) is 0.553. The summed E-state index contributed by atoms with van der Waals surface area (Å²) in [7, 11) is 1.73.